The molecular weight excluding hydrogens is 608 g/mol. The van der Waals surface area contributed by atoms with Crippen molar-refractivity contribution in [1.82, 2.24) is 4.98 Å². The van der Waals surface area contributed by atoms with E-state index in [4.69, 9.17) is 16.6 Å². The van der Waals surface area contributed by atoms with Gasteiger partial charge in [-0.2, -0.15) is 11.8 Å². The average Bonchev–Trinajstić information content (AvgIpc) is 3.70. The fourth-order valence-electron chi connectivity index (χ4n) is 5.34. The molecule has 1 fully saturated rings. The van der Waals surface area contributed by atoms with E-state index in [0.29, 0.717) is 5.02 Å². The van der Waals surface area contributed by atoms with E-state index < -0.39 is 11.6 Å². The number of rotatable bonds is 12. The van der Waals surface area contributed by atoms with Gasteiger partial charge in [0.1, 0.15) is 0 Å². The quantitative estimate of drug-likeness (QED) is 0.219. The average molecular weight is 645 g/mol. The van der Waals surface area contributed by atoms with Crippen LogP contribution in [-0.2, 0) is 16.8 Å². The summed E-state index contributed by atoms with van der Waals surface area (Å²) in [5.41, 5.74) is 5.03. The second-order valence-corrected chi connectivity index (χ2v) is 13.3. The Balaban J connectivity index is 0.00000253. The summed E-state index contributed by atoms with van der Waals surface area (Å²) in [4.78, 5) is 16.1. The fraction of sp³-hybridized carbons (Fsp3) is 0.314. The monoisotopic (exact) mass is 643 g/mol. The van der Waals surface area contributed by atoms with Crippen molar-refractivity contribution in [2.45, 2.75) is 56.8 Å². The summed E-state index contributed by atoms with van der Waals surface area (Å²) in [6.45, 7) is 3.65. The van der Waals surface area contributed by atoms with Crippen LogP contribution < -0.4 is 34.7 Å². The van der Waals surface area contributed by atoms with Crippen molar-refractivity contribution in [1.29, 1.82) is 0 Å². The molecule has 0 unspecified atom stereocenters. The van der Waals surface area contributed by atoms with Gasteiger partial charge in [-0.05, 0) is 104 Å². The van der Waals surface area contributed by atoms with Crippen LogP contribution in [-0.4, -0.2) is 21.8 Å². The second-order valence-electron chi connectivity index (χ2n) is 11.7. The van der Waals surface area contributed by atoms with Crippen LogP contribution in [0, 0.1) is 5.41 Å². The third kappa shape index (κ3) is 9.83. The number of nitrogens with zero attached hydrogens (tertiary/aromatic N) is 1. The van der Waals surface area contributed by atoms with E-state index in [2.05, 4.69) is 36.4 Å². The number of carbonyl (C=O) groups excluding carboxylic acids is 1. The zero-order chi connectivity index (χ0) is 29.0. The molecule has 0 amide bonds. The number of fused-ring (bicyclic) bond motifs is 1. The zero-order valence-electron chi connectivity index (χ0n) is 24.9. The van der Waals surface area contributed by atoms with E-state index in [9.17, 15) is 15.0 Å². The molecule has 1 aromatic heterocycles. The topological polar surface area (TPSA) is 73.2 Å². The number of carboxylic acid groups (broad SMARTS) is 1. The SMILES string of the molecule is CC(C)(O)c1ccccc1CC[C@H](SCC1(CC(=O)[O-])CC1)c1cccc(/C=C/c2ccc3ccc(Cl)cc3n2)c1.Cl.[Na+]. The Kier molecular flexibility index (Phi) is 12.8. The van der Waals surface area contributed by atoms with Crippen LogP contribution in [0.3, 0.4) is 0 Å². The summed E-state index contributed by atoms with van der Waals surface area (Å²) in [6, 6.07) is 26.4. The smallest absolute Gasteiger partial charge is 0.550 e. The molecule has 0 radical (unpaired) electrons. The Morgan fingerprint density at radius 3 is 2.53 bits per heavy atom. The second kappa shape index (κ2) is 15.4. The van der Waals surface area contributed by atoms with Gasteiger partial charge in [-0.15, -0.1) is 12.4 Å². The molecule has 1 aliphatic rings. The maximum Gasteiger partial charge on any atom is 1.00 e. The predicted molar refractivity (Wildman–Crippen MR) is 176 cm³/mol. The number of benzene rings is 3. The number of halogens is 2. The number of hydrogen-bond donors (Lipinski definition) is 1. The van der Waals surface area contributed by atoms with Gasteiger partial charge in [-0.3, -0.25) is 0 Å². The fourth-order valence-corrected chi connectivity index (χ4v) is 7.08. The minimum Gasteiger partial charge on any atom is -0.550 e. The molecule has 5 rings (SSSR count). The maximum atomic E-state index is 11.4. The van der Waals surface area contributed by atoms with Crippen LogP contribution in [0.5, 0.6) is 0 Å². The van der Waals surface area contributed by atoms with E-state index in [1.807, 2.05) is 80.2 Å². The molecule has 8 heteroatoms. The molecule has 1 atom stereocenters. The third-order valence-corrected chi connectivity index (χ3v) is 9.75. The molecule has 4 nitrogen and oxygen atoms in total. The van der Waals surface area contributed by atoms with Gasteiger partial charge in [0.25, 0.3) is 0 Å². The van der Waals surface area contributed by atoms with E-state index >= 15 is 0 Å². The van der Waals surface area contributed by atoms with Crippen LogP contribution in [0.4, 0.5) is 0 Å². The first-order chi connectivity index (χ1) is 19.6. The van der Waals surface area contributed by atoms with Gasteiger partial charge in [-0.1, -0.05) is 78.3 Å². The molecular formula is C35H36Cl2NNaO3S. The van der Waals surface area contributed by atoms with Crippen LogP contribution in [0.15, 0.2) is 78.9 Å². The molecule has 0 aliphatic heterocycles. The van der Waals surface area contributed by atoms with Crippen molar-refractivity contribution in [2.75, 3.05) is 5.75 Å². The summed E-state index contributed by atoms with van der Waals surface area (Å²) in [6.07, 6.45) is 7.78. The van der Waals surface area contributed by atoms with Gasteiger partial charge < -0.3 is 15.0 Å². The van der Waals surface area contributed by atoms with Gasteiger partial charge in [-0.25, -0.2) is 4.98 Å². The van der Waals surface area contributed by atoms with Crippen LogP contribution in [0.1, 0.15) is 72.7 Å². The molecule has 220 valence electrons. The number of carboxylic acids is 1. The Morgan fingerprint density at radius 1 is 1.07 bits per heavy atom. The van der Waals surface area contributed by atoms with Crippen molar-refractivity contribution >= 4 is 64.8 Å². The molecule has 1 heterocycles. The summed E-state index contributed by atoms with van der Waals surface area (Å²) in [5, 5.41) is 24.0. The van der Waals surface area contributed by atoms with E-state index in [-0.39, 0.29) is 59.1 Å². The van der Waals surface area contributed by atoms with E-state index in [1.54, 1.807) is 0 Å². The van der Waals surface area contributed by atoms with E-state index in [1.165, 1.54) is 5.56 Å². The Labute approximate surface area is 292 Å². The van der Waals surface area contributed by atoms with Gasteiger partial charge in [0.15, 0.2) is 0 Å². The molecule has 0 spiro atoms. The summed E-state index contributed by atoms with van der Waals surface area (Å²) < 4.78 is 0. The van der Waals surface area contributed by atoms with Crippen LogP contribution >= 0.6 is 35.8 Å². The number of pyridine rings is 1. The third-order valence-electron chi connectivity index (χ3n) is 7.82. The number of aromatic nitrogens is 1. The predicted octanol–water partition coefficient (Wildman–Crippen LogP) is 5.04. The summed E-state index contributed by atoms with van der Waals surface area (Å²) in [5.74, 6) is -0.168. The van der Waals surface area contributed by atoms with E-state index in [0.717, 1.165) is 64.7 Å². The van der Waals surface area contributed by atoms with Crippen molar-refractivity contribution in [3.05, 3.63) is 112 Å². The number of aliphatic carboxylic acids is 1. The van der Waals surface area contributed by atoms with Crippen molar-refractivity contribution in [3.63, 3.8) is 0 Å². The molecule has 4 aromatic rings. The molecule has 3 aromatic carbocycles. The number of hydrogen-bond acceptors (Lipinski definition) is 5. The van der Waals surface area contributed by atoms with Crippen molar-refractivity contribution < 1.29 is 44.6 Å². The normalized spacial score (nSPS) is 14.6. The molecule has 43 heavy (non-hydrogen) atoms. The largest absolute Gasteiger partial charge is 1.00 e. The molecule has 1 saturated carbocycles. The molecule has 1 N–H and O–H groups in total. The summed E-state index contributed by atoms with van der Waals surface area (Å²) >= 11 is 8.01. The van der Waals surface area contributed by atoms with Gasteiger partial charge >= 0.3 is 29.6 Å². The standard InChI is InChI=1S/C35H36ClNO3S.ClH.Na/c1-34(2,40)30-9-4-3-7-25(30)13-17-32(41-23-35(18-19-35)22-33(38)39)27-8-5-6-24(20-27)10-15-29-16-12-26-11-14-28(36)21-31(26)37-29;;/h3-12,14-16,20-21,32,40H,13,17-19,22-23H2,1-2H3,(H,38,39);1H;/q;;+1/p-1/b15-10+;;/t32-;;/m0../s1. The molecule has 1 aliphatic carbocycles. The van der Waals surface area contributed by atoms with Gasteiger partial charge in [0.05, 0.1) is 16.8 Å². The van der Waals surface area contributed by atoms with Gasteiger partial charge in [0.2, 0.25) is 0 Å². The maximum absolute atomic E-state index is 11.4. The van der Waals surface area contributed by atoms with Crippen molar-refractivity contribution in [3.8, 4) is 0 Å². The van der Waals surface area contributed by atoms with Crippen molar-refractivity contribution in [2.24, 2.45) is 5.41 Å². The molecule has 0 saturated heterocycles. The first-order valence-electron chi connectivity index (χ1n) is 14.1. The number of aryl methyl sites for hydroxylation is 1. The zero-order valence-corrected chi connectivity index (χ0v) is 29.3. The first kappa shape index (κ1) is 35.6. The molecule has 0 bridgehead atoms. The Hall–Kier alpha value is -1.83. The Morgan fingerprint density at radius 2 is 1.81 bits per heavy atom. The van der Waals surface area contributed by atoms with Crippen LogP contribution in [0.2, 0.25) is 5.02 Å². The summed E-state index contributed by atoms with van der Waals surface area (Å²) in [7, 11) is 0. The first-order valence-corrected chi connectivity index (χ1v) is 15.5. The van der Waals surface area contributed by atoms with Crippen LogP contribution in [0.25, 0.3) is 23.1 Å². The van der Waals surface area contributed by atoms with Gasteiger partial charge in [0, 0.05) is 21.6 Å². The number of carbonyl (C=O) groups is 1. The Bertz CT molecular complexity index is 1580. The minimum atomic E-state index is -0.963. The minimum absolute atomic E-state index is 0. The number of thioether (sulfide) groups is 1. The number of aliphatic hydroxyl groups is 1.